The van der Waals surface area contributed by atoms with Crippen molar-refractivity contribution < 1.29 is 23.8 Å². The number of hydrogen-bond acceptors (Lipinski definition) is 6. The van der Waals surface area contributed by atoms with Gasteiger partial charge in [-0.15, -0.1) is 0 Å². The van der Waals surface area contributed by atoms with Crippen molar-refractivity contribution in [2.45, 2.75) is 0 Å². The number of nitrogens with two attached hydrogens (primary N) is 1. The molecule has 7 nitrogen and oxygen atoms in total. The summed E-state index contributed by atoms with van der Waals surface area (Å²) in [6.45, 7) is -0.224. The van der Waals surface area contributed by atoms with Crippen LogP contribution in [0.15, 0.2) is 48.2 Å². The molecule has 25 heavy (non-hydrogen) atoms. The van der Waals surface area contributed by atoms with Gasteiger partial charge in [-0.3, -0.25) is 15.0 Å². The van der Waals surface area contributed by atoms with E-state index in [1.807, 2.05) is 17.6 Å². The lowest BCUT2D eigenvalue weighted by atomic mass is 10.1. The first-order chi connectivity index (χ1) is 12.1. The zero-order chi connectivity index (χ0) is 17.8. The van der Waals surface area contributed by atoms with E-state index in [1.165, 1.54) is 0 Å². The number of amides is 1. The van der Waals surface area contributed by atoms with Crippen molar-refractivity contribution in [2.75, 3.05) is 13.7 Å². The molecule has 1 aliphatic rings. The first-order valence-corrected chi connectivity index (χ1v) is 7.45. The van der Waals surface area contributed by atoms with Crippen molar-refractivity contribution in [2.24, 2.45) is 5.84 Å². The first-order valence-electron chi connectivity index (χ1n) is 7.45. The molecular weight excluding hydrogens is 324 g/mol. The Morgan fingerprint density at radius 1 is 1.20 bits per heavy atom. The van der Waals surface area contributed by atoms with E-state index < -0.39 is 5.91 Å². The summed E-state index contributed by atoms with van der Waals surface area (Å²) in [5.41, 5.74) is 3.22. The molecule has 1 heterocycles. The molecule has 0 aliphatic carbocycles. The zero-order valence-corrected chi connectivity index (χ0v) is 13.4. The summed E-state index contributed by atoms with van der Waals surface area (Å²) in [4.78, 5) is 23.5. The van der Waals surface area contributed by atoms with Crippen LogP contribution in [0.25, 0.3) is 6.08 Å². The predicted molar refractivity (Wildman–Crippen MR) is 90.2 cm³/mol. The summed E-state index contributed by atoms with van der Waals surface area (Å²) in [5, 5.41) is 0. The summed E-state index contributed by atoms with van der Waals surface area (Å²) in [6, 6.07) is 12.0. The smallest absolute Gasteiger partial charge is 0.271 e. The Bertz CT molecular complexity index is 843. The number of ether oxygens (including phenoxy) is 3. The summed E-state index contributed by atoms with van der Waals surface area (Å²) in [7, 11) is 1.59. The molecule has 3 N–H and O–H groups in total. The Hall–Kier alpha value is -3.32. The maximum absolute atomic E-state index is 12.4. The number of hydrogen-bond donors (Lipinski definition) is 2. The van der Waals surface area contributed by atoms with Gasteiger partial charge < -0.3 is 14.2 Å². The van der Waals surface area contributed by atoms with Crippen molar-refractivity contribution >= 4 is 17.8 Å². The summed E-state index contributed by atoms with van der Waals surface area (Å²) in [5.74, 6) is 6.06. The molecule has 2 aromatic carbocycles. The van der Waals surface area contributed by atoms with Gasteiger partial charge >= 0.3 is 0 Å². The number of Topliss-reactive ketones (excluding diaryl/α,β-unsaturated/α-hetero) is 1. The van der Waals surface area contributed by atoms with Crippen LogP contribution in [-0.2, 0) is 4.79 Å². The van der Waals surface area contributed by atoms with Gasteiger partial charge in [-0.2, -0.15) is 0 Å². The fourth-order valence-corrected chi connectivity index (χ4v) is 2.30. The second-order valence-electron chi connectivity index (χ2n) is 5.23. The molecule has 0 bridgehead atoms. The Labute approximate surface area is 144 Å². The first kappa shape index (κ1) is 16.5. The summed E-state index contributed by atoms with van der Waals surface area (Å²) >= 11 is 0. The van der Waals surface area contributed by atoms with Crippen LogP contribution in [0.3, 0.4) is 0 Å². The molecule has 3 rings (SSSR count). The molecule has 2 aromatic rings. The Morgan fingerprint density at radius 3 is 2.60 bits per heavy atom. The molecule has 0 aromatic heterocycles. The number of methoxy groups -OCH3 is 1. The van der Waals surface area contributed by atoms with Crippen LogP contribution >= 0.6 is 0 Å². The van der Waals surface area contributed by atoms with E-state index in [9.17, 15) is 9.59 Å². The number of fused-ring (bicyclic) bond motifs is 1. The van der Waals surface area contributed by atoms with Gasteiger partial charge in [-0.25, -0.2) is 5.84 Å². The zero-order valence-electron chi connectivity index (χ0n) is 13.4. The van der Waals surface area contributed by atoms with Crippen LogP contribution in [0.5, 0.6) is 17.2 Å². The van der Waals surface area contributed by atoms with Gasteiger partial charge in [0.15, 0.2) is 12.4 Å². The second kappa shape index (κ2) is 7.06. The molecule has 1 aliphatic heterocycles. The van der Waals surface area contributed by atoms with Gasteiger partial charge in [0.1, 0.15) is 17.2 Å². The van der Waals surface area contributed by atoms with E-state index in [4.69, 9.17) is 20.1 Å². The lowest BCUT2D eigenvalue weighted by Gasteiger charge is -2.06. The highest BCUT2D eigenvalue weighted by Gasteiger charge is 2.27. The van der Waals surface area contributed by atoms with Crippen LogP contribution < -0.4 is 25.5 Å². The number of rotatable bonds is 5. The average Bonchev–Trinajstić information content (AvgIpc) is 2.95. The molecule has 0 saturated carbocycles. The van der Waals surface area contributed by atoms with Crippen LogP contribution in [0.1, 0.15) is 15.9 Å². The number of benzene rings is 2. The van der Waals surface area contributed by atoms with Crippen molar-refractivity contribution in [1.29, 1.82) is 0 Å². The van der Waals surface area contributed by atoms with Gasteiger partial charge in [0.2, 0.25) is 5.78 Å². The van der Waals surface area contributed by atoms with Crippen molar-refractivity contribution in [3.8, 4) is 17.2 Å². The maximum atomic E-state index is 12.4. The fraction of sp³-hybridized carbons (Fsp3) is 0.111. The SMILES string of the molecule is COc1ccc(/C=C2\Oc3cc(OCC(=O)NN)ccc3C2=O)cc1. The highest BCUT2D eigenvalue weighted by molar-refractivity contribution is 6.14. The van der Waals surface area contributed by atoms with E-state index in [0.29, 0.717) is 17.1 Å². The molecule has 7 heteroatoms. The maximum Gasteiger partial charge on any atom is 0.271 e. The molecule has 0 unspecified atom stereocenters. The van der Waals surface area contributed by atoms with Gasteiger partial charge in [0.05, 0.1) is 12.7 Å². The third-order valence-corrected chi connectivity index (χ3v) is 3.59. The van der Waals surface area contributed by atoms with Crippen LogP contribution in [0, 0.1) is 0 Å². The number of ketones is 1. The average molecular weight is 340 g/mol. The number of nitrogens with one attached hydrogen (secondary N) is 1. The minimum Gasteiger partial charge on any atom is -0.497 e. The largest absolute Gasteiger partial charge is 0.497 e. The van der Waals surface area contributed by atoms with E-state index in [1.54, 1.807) is 43.5 Å². The van der Waals surface area contributed by atoms with Crippen LogP contribution in [0.2, 0.25) is 0 Å². The number of carbonyl (C=O) groups is 2. The number of allylic oxidation sites excluding steroid dienone is 1. The molecule has 1 amide bonds. The van der Waals surface area contributed by atoms with Crippen LogP contribution in [-0.4, -0.2) is 25.4 Å². The normalized spacial score (nSPS) is 14.0. The van der Waals surface area contributed by atoms with Gasteiger partial charge in [0.25, 0.3) is 5.91 Å². The third kappa shape index (κ3) is 3.61. The molecule has 0 atom stereocenters. The standard InChI is InChI=1S/C18H16N2O5/c1-23-12-4-2-11(3-5-12)8-16-18(22)14-7-6-13(9-15(14)25-16)24-10-17(21)20-19/h2-9H,10,19H2,1H3,(H,20,21)/b16-8-. The highest BCUT2D eigenvalue weighted by Crippen LogP contribution is 2.35. The van der Waals surface area contributed by atoms with Crippen molar-refractivity contribution in [1.82, 2.24) is 5.43 Å². The minimum atomic E-state index is -0.461. The van der Waals surface area contributed by atoms with E-state index in [-0.39, 0.29) is 18.1 Å². The minimum absolute atomic E-state index is 0.211. The Balaban J connectivity index is 1.77. The highest BCUT2D eigenvalue weighted by atomic mass is 16.5. The van der Waals surface area contributed by atoms with Gasteiger partial charge in [0, 0.05) is 6.07 Å². The Morgan fingerprint density at radius 2 is 1.92 bits per heavy atom. The van der Waals surface area contributed by atoms with Gasteiger partial charge in [-0.1, -0.05) is 12.1 Å². The Kier molecular flexibility index (Phi) is 4.67. The monoisotopic (exact) mass is 340 g/mol. The molecule has 0 saturated heterocycles. The lowest BCUT2D eigenvalue weighted by Crippen LogP contribution is -2.34. The van der Waals surface area contributed by atoms with E-state index >= 15 is 0 Å². The van der Waals surface area contributed by atoms with E-state index in [0.717, 1.165) is 11.3 Å². The lowest BCUT2D eigenvalue weighted by molar-refractivity contribution is -0.123. The molecule has 0 spiro atoms. The number of carbonyl (C=O) groups excluding carboxylic acids is 2. The molecular formula is C18H16N2O5. The molecule has 128 valence electrons. The topological polar surface area (TPSA) is 99.9 Å². The summed E-state index contributed by atoms with van der Waals surface area (Å²) in [6.07, 6.45) is 1.66. The quantitative estimate of drug-likeness (QED) is 0.372. The van der Waals surface area contributed by atoms with E-state index in [2.05, 4.69) is 0 Å². The molecule has 0 fully saturated rings. The molecule has 0 radical (unpaired) electrons. The second-order valence-corrected chi connectivity index (χ2v) is 5.23. The summed E-state index contributed by atoms with van der Waals surface area (Å²) < 4.78 is 16.0. The van der Waals surface area contributed by atoms with Crippen molar-refractivity contribution in [3.63, 3.8) is 0 Å². The fourth-order valence-electron chi connectivity index (χ4n) is 2.30. The number of hydrazine groups is 1. The van der Waals surface area contributed by atoms with Crippen molar-refractivity contribution in [3.05, 3.63) is 59.4 Å². The third-order valence-electron chi connectivity index (χ3n) is 3.59. The predicted octanol–water partition coefficient (Wildman–Crippen LogP) is 1.68. The van der Waals surface area contributed by atoms with Crippen LogP contribution in [0.4, 0.5) is 0 Å². The van der Waals surface area contributed by atoms with Gasteiger partial charge in [-0.05, 0) is 35.9 Å².